The van der Waals surface area contributed by atoms with Crippen molar-refractivity contribution in [1.29, 1.82) is 0 Å². The Kier molecular flexibility index (Phi) is 6.17. The zero-order valence-electron chi connectivity index (χ0n) is 11.1. The summed E-state index contributed by atoms with van der Waals surface area (Å²) in [4.78, 5) is 28.5. The summed E-state index contributed by atoms with van der Waals surface area (Å²) in [6, 6.07) is 0. The van der Waals surface area contributed by atoms with Gasteiger partial charge in [-0.2, -0.15) is 0 Å². The van der Waals surface area contributed by atoms with Crippen molar-refractivity contribution in [2.75, 3.05) is 13.1 Å². The van der Waals surface area contributed by atoms with Gasteiger partial charge in [-0.3, -0.25) is 14.6 Å². The molecule has 0 N–H and O–H groups in total. The lowest BCUT2D eigenvalue weighted by Gasteiger charge is -2.25. The van der Waals surface area contributed by atoms with Crippen molar-refractivity contribution in [2.24, 2.45) is 4.99 Å². The highest BCUT2D eigenvalue weighted by atomic mass is 35.5. The lowest BCUT2D eigenvalue weighted by molar-refractivity contribution is -0.134. The minimum atomic E-state index is -1.21. The van der Waals surface area contributed by atoms with Crippen molar-refractivity contribution in [3.8, 4) is 0 Å². The van der Waals surface area contributed by atoms with Gasteiger partial charge in [-0.15, -0.1) is 6.58 Å². The first-order valence-electron chi connectivity index (χ1n) is 6.05. The highest BCUT2D eigenvalue weighted by molar-refractivity contribution is 6.53. The summed E-state index contributed by atoms with van der Waals surface area (Å²) in [6.45, 7) is 5.42. The summed E-state index contributed by atoms with van der Waals surface area (Å²) in [5, 5.41) is 0. The van der Waals surface area contributed by atoms with Crippen molar-refractivity contribution in [3.63, 3.8) is 0 Å². The molecule has 4 nitrogen and oxygen atoms in total. The molecule has 0 aromatic carbocycles. The van der Waals surface area contributed by atoms with E-state index in [0.29, 0.717) is 0 Å². The Labute approximate surface area is 128 Å². The lowest BCUT2D eigenvalue weighted by atomic mass is 9.94. The smallest absolute Gasteiger partial charge is 0.256 e. The number of carbonyl (C=O) groups is 2. The third-order valence-electron chi connectivity index (χ3n) is 2.77. The SMILES string of the molecule is C=CCN(CC(=O)C1(C=CC)C=CC=N1)C(=O)C(Cl)Cl. The number of allylic oxidation sites excluding steroid dienone is 2. The maximum Gasteiger partial charge on any atom is 0.256 e. The maximum atomic E-state index is 12.4. The molecule has 1 atom stereocenters. The molecule has 1 aliphatic rings. The number of Topliss-reactive ketones (excluding diaryl/α,β-unsaturated/α-hetero) is 1. The van der Waals surface area contributed by atoms with Crippen LogP contribution in [0.25, 0.3) is 0 Å². The Hall–Kier alpha value is -1.39. The normalized spacial score (nSPS) is 20.8. The van der Waals surface area contributed by atoms with Crippen LogP contribution in [0.5, 0.6) is 0 Å². The van der Waals surface area contributed by atoms with Crippen LogP contribution in [0, 0.1) is 0 Å². The van der Waals surface area contributed by atoms with E-state index < -0.39 is 16.3 Å². The van der Waals surface area contributed by atoms with Crippen LogP contribution < -0.4 is 0 Å². The number of nitrogens with zero attached hydrogens (tertiary/aromatic N) is 2. The van der Waals surface area contributed by atoms with Gasteiger partial charge in [0.15, 0.2) is 16.2 Å². The van der Waals surface area contributed by atoms with E-state index in [0.717, 1.165) is 0 Å². The van der Waals surface area contributed by atoms with Crippen LogP contribution in [0.1, 0.15) is 6.92 Å². The van der Waals surface area contributed by atoms with Crippen molar-refractivity contribution < 1.29 is 9.59 Å². The number of hydrogen-bond donors (Lipinski definition) is 0. The highest BCUT2D eigenvalue weighted by Crippen LogP contribution is 2.21. The first-order valence-corrected chi connectivity index (χ1v) is 6.92. The summed E-state index contributed by atoms with van der Waals surface area (Å²) in [7, 11) is 0. The van der Waals surface area contributed by atoms with Gasteiger partial charge in [0.25, 0.3) is 5.91 Å². The Morgan fingerprint density at radius 1 is 1.50 bits per heavy atom. The van der Waals surface area contributed by atoms with E-state index >= 15 is 0 Å². The molecule has 6 heteroatoms. The molecule has 1 amide bonds. The molecule has 1 unspecified atom stereocenters. The second-order valence-electron chi connectivity index (χ2n) is 4.19. The molecular weight excluding hydrogens is 299 g/mol. The van der Waals surface area contributed by atoms with Crippen molar-refractivity contribution >= 4 is 41.1 Å². The second kappa shape index (κ2) is 7.41. The van der Waals surface area contributed by atoms with Gasteiger partial charge in [0, 0.05) is 12.8 Å². The molecule has 108 valence electrons. The fraction of sp³-hybridized carbons (Fsp3) is 0.357. The molecule has 1 aliphatic heterocycles. The van der Waals surface area contributed by atoms with E-state index in [4.69, 9.17) is 23.2 Å². The second-order valence-corrected chi connectivity index (χ2v) is 5.29. The van der Waals surface area contributed by atoms with Crippen molar-refractivity contribution in [3.05, 3.63) is 37.0 Å². The van der Waals surface area contributed by atoms with Crippen molar-refractivity contribution in [2.45, 2.75) is 17.3 Å². The summed E-state index contributed by atoms with van der Waals surface area (Å²) in [5.41, 5.74) is -1.04. The number of hydrogen-bond acceptors (Lipinski definition) is 3. The number of ketones is 1. The molecule has 1 heterocycles. The van der Waals surface area contributed by atoms with Crippen LogP contribution >= 0.6 is 23.2 Å². The summed E-state index contributed by atoms with van der Waals surface area (Å²) in [6.07, 6.45) is 9.89. The highest BCUT2D eigenvalue weighted by Gasteiger charge is 2.35. The number of amides is 1. The number of aliphatic imine (C=N–C) groups is 1. The summed E-state index contributed by atoms with van der Waals surface area (Å²) < 4.78 is 0. The monoisotopic (exact) mass is 314 g/mol. The molecule has 20 heavy (non-hydrogen) atoms. The number of rotatable bonds is 7. The van der Waals surface area contributed by atoms with Crippen LogP contribution in [0.2, 0.25) is 0 Å². The first-order chi connectivity index (χ1) is 9.46. The van der Waals surface area contributed by atoms with Gasteiger partial charge in [0.2, 0.25) is 0 Å². The predicted molar refractivity (Wildman–Crippen MR) is 82.5 cm³/mol. The molecule has 0 fully saturated rings. The van der Waals surface area contributed by atoms with Gasteiger partial charge in [-0.05, 0) is 25.2 Å². The largest absolute Gasteiger partial charge is 0.329 e. The Morgan fingerprint density at radius 3 is 2.65 bits per heavy atom. The Morgan fingerprint density at radius 2 is 2.20 bits per heavy atom. The Bertz CT molecular complexity index is 470. The minimum Gasteiger partial charge on any atom is -0.329 e. The van der Waals surface area contributed by atoms with E-state index in [9.17, 15) is 9.59 Å². The van der Waals surface area contributed by atoms with E-state index in [-0.39, 0.29) is 18.9 Å². The van der Waals surface area contributed by atoms with Gasteiger partial charge in [-0.25, -0.2) is 0 Å². The maximum absolute atomic E-state index is 12.4. The fourth-order valence-electron chi connectivity index (χ4n) is 1.84. The molecule has 0 aromatic rings. The topological polar surface area (TPSA) is 49.7 Å². The Balaban J connectivity index is 2.90. The zero-order valence-corrected chi connectivity index (χ0v) is 12.6. The average Bonchev–Trinajstić information content (AvgIpc) is 2.87. The van der Waals surface area contributed by atoms with E-state index in [1.807, 2.05) is 0 Å². The van der Waals surface area contributed by atoms with Gasteiger partial charge in [-0.1, -0.05) is 35.4 Å². The van der Waals surface area contributed by atoms with Gasteiger partial charge in [0.05, 0.1) is 6.54 Å². The molecule has 0 aromatic heterocycles. The summed E-state index contributed by atoms with van der Waals surface area (Å²) in [5.74, 6) is -0.757. The molecule has 0 spiro atoms. The number of alkyl halides is 2. The third-order valence-corrected chi connectivity index (χ3v) is 3.15. The molecule has 0 aliphatic carbocycles. The fourth-order valence-corrected chi connectivity index (χ4v) is 2.11. The molecule has 0 saturated heterocycles. The molecule has 1 rings (SSSR count). The van der Waals surface area contributed by atoms with E-state index in [1.165, 1.54) is 11.0 Å². The average molecular weight is 315 g/mol. The lowest BCUT2D eigenvalue weighted by Crippen LogP contribution is -2.45. The van der Waals surface area contributed by atoms with Gasteiger partial charge < -0.3 is 4.90 Å². The predicted octanol–water partition coefficient (Wildman–Crippen LogP) is 2.33. The quantitative estimate of drug-likeness (QED) is 0.535. The van der Waals surface area contributed by atoms with Crippen LogP contribution in [0.4, 0.5) is 0 Å². The standard InChI is InChI=1S/C14H16Cl2N2O2/c1-3-6-14(7-5-8-17-14)11(19)10-18(9-4-2)13(20)12(15)16/h3-8,12H,2,9-10H2,1H3. The van der Waals surface area contributed by atoms with Gasteiger partial charge >= 0.3 is 0 Å². The van der Waals surface area contributed by atoms with Crippen LogP contribution in [0.15, 0.2) is 42.0 Å². The van der Waals surface area contributed by atoms with Crippen LogP contribution in [0.3, 0.4) is 0 Å². The van der Waals surface area contributed by atoms with E-state index in [2.05, 4.69) is 11.6 Å². The molecule has 0 saturated carbocycles. The number of carbonyl (C=O) groups excluding carboxylic acids is 2. The van der Waals surface area contributed by atoms with Gasteiger partial charge in [0.1, 0.15) is 0 Å². The molecule has 0 bridgehead atoms. The van der Waals surface area contributed by atoms with Crippen molar-refractivity contribution in [1.82, 2.24) is 4.90 Å². The zero-order chi connectivity index (χ0) is 15.2. The summed E-state index contributed by atoms with van der Waals surface area (Å²) >= 11 is 11.1. The third kappa shape index (κ3) is 3.81. The van der Waals surface area contributed by atoms with Crippen LogP contribution in [-0.4, -0.2) is 46.3 Å². The first kappa shape index (κ1) is 16.7. The van der Waals surface area contributed by atoms with Crippen LogP contribution in [-0.2, 0) is 9.59 Å². The molecule has 0 radical (unpaired) electrons. The van der Waals surface area contributed by atoms with E-state index in [1.54, 1.807) is 37.4 Å². The number of halogens is 2. The minimum absolute atomic E-state index is 0.132. The molecular formula is C14H16Cl2N2O2.